The van der Waals surface area contributed by atoms with Crippen LogP contribution < -0.4 is 10.6 Å². The molecular weight excluding hydrogens is 176 g/mol. The molecule has 0 saturated heterocycles. The van der Waals surface area contributed by atoms with Crippen molar-refractivity contribution >= 4 is 5.91 Å². The molecule has 0 rings (SSSR count). The van der Waals surface area contributed by atoms with Gasteiger partial charge in [0.1, 0.15) is 0 Å². The zero-order chi connectivity index (χ0) is 10.8. The number of carbonyl (C=O) groups is 1. The first-order valence-corrected chi connectivity index (χ1v) is 5.67. The van der Waals surface area contributed by atoms with E-state index in [4.69, 9.17) is 0 Å². The SMILES string of the molecule is CCCCCCNC(=O)CNC(C)C. The molecule has 3 nitrogen and oxygen atoms in total. The summed E-state index contributed by atoms with van der Waals surface area (Å²) in [5.74, 6) is 0.107. The number of rotatable bonds is 8. The lowest BCUT2D eigenvalue weighted by Crippen LogP contribution is -2.37. The van der Waals surface area contributed by atoms with Crippen LogP contribution in [0.4, 0.5) is 0 Å². The van der Waals surface area contributed by atoms with Gasteiger partial charge in [0.15, 0.2) is 0 Å². The van der Waals surface area contributed by atoms with E-state index < -0.39 is 0 Å². The van der Waals surface area contributed by atoms with Crippen LogP contribution in [0.1, 0.15) is 46.5 Å². The highest BCUT2D eigenvalue weighted by Crippen LogP contribution is 1.96. The van der Waals surface area contributed by atoms with Gasteiger partial charge in [-0.1, -0.05) is 40.0 Å². The van der Waals surface area contributed by atoms with Crippen LogP contribution in [0.2, 0.25) is 0 Å². The first kappa shape index (κ1) is 13.4. The number of hydrogen-bond donors (Lipinski definition) is 2. The highest BCUT2D eigenvalue weighted by Gasteiger charge is 2.00. The first-order valence-electron chi connectivity index (χ1n) is 5.67. The summed E-state index contributed by atoms with van der Waals surface area (Å²) in [6.45, 7) is 7.51. The molecule has 1 amide bonds. The van der Waals surface area contributed by atoms with Crippen LogP contribution in [0.25, 0.3) is 0 Å². The van der Waals surface area contributed by atoms with Crippen LogP contribution in [0.3, 0.4) is 0 Å². The summed E-state index contributed by atoms with van der Waals surface area (Å²) in [7, 11) is 0. The molecule has 0 spiro atoms. The van der Waals surface area contributed by atoms with Crippen LogP contribution in [0, 0.1) is 0 Å². The Morgan fingerprint density at radius 1 is 1.21 bits per heavy atom. The summed E-state index contributed by atoms with van der Waals surface area (Å²) in [5, 5.41) is 5.98. The molecule has 0 aliphatic rings. The average molecular weight is 200 g/mol. The van der Waals surface area contributed by atoms with Gasteiger partial charge in [-0.15, -0.1) is 0 Å². The third-order valence-electron chi connectivity index (χ3n) is 2.02. The van der Waals surface area contributed by atoms with Crippen LogP contribution in [0.15, 0.2) is 0 Å². The third kappa shape index (κ3) is 9.52. The van der Waals surface area contributed by atoms with E-state index in [0.717, 1.165) is 13.0 Å². The Labute approximate surface area is 87.6 Å². The van der Waals surface area contributed by atoms with Crippen molar-refractivity contribution in [2.75, 3.05) is 13.1 Å². The van der Waals surface area contributed by atoms with Gasteiger partial charge in [-0.05, 0) is 6.42 Å². The molecule has 0 unspecified atom stereocenters. The van der Waals surface area contributed by atoms with Crippen molar-refractivity contribution in [3.05, 3.63) is 0 Å². The second kappa shape index (κ2) is 9.00. The Hall–Kier alpha value is -0.570. The summed E-state index contributed by atoms with van der Waals surface area (Å²) in [4.78, 5) is 11.2. The monoisotopic (exact) mass is 200 g/mol. The summed E-state index contributed by atoms with van der Waals surface area (Å²) in [6.07, 6.45) is 4.82. The van der Waals surface area contributed by atoms with E-state index in [0.29, 0.717) is 12.6 Å². The Balaban J connectivity index is 3.18. The van der Waals surface area contributed by atoms with Gasteiger partial charge in [0.2, 0.25) is 5.91 Å². The van der Waals surface area contributed by atoms with Crippen molar-refractivity contribution in [2.45, 2.75) is 52.5 Å². The average Bonchev–Trinajstić information content (AvgIpc) is 2.14. The molecular formula is C11H24N2O. The van der Waals surface area contributed by atoms with E-state index in [2.05, 4.69) is 17.6 Å². The molecule has 0 saturated carbocycles. The largest absolute Gasteiger partial charge is 0.355 e. The molecule has 0 aromatic heterocycles. The zero-order valence-corrected chi connectivity index (χ0v) is 9.73. The minimum absolute atomic E-state index is 0.107. The molecule has 0 aromatic carbocycles. The van der Waals surface area contributed by atoms with Gasteiger partial charge in [0.05, 0.1) is 6.54 Å². The lowest BCUT2D eigenvalue weighted by atomic mass is 10.2. The first-order chi connectivity index (χ1) is 6.66. The molecule has 2 N–H and O–H groups in total. The zero-order valence-electron chi connectivity index (χ0n) is 9.73. The van der Waals surface area contributed by atoms with Crippen molar-refractivity contribution in [2.24, 2.45) is 0 Å². The molecule has 0 atom stereocenters. The Morgan fingerprint density at radius 3 is 2.50 bits per heavy atom. The van der Waals surface area contributed by atoms with Gasteiger partial charge in [-0.3, -0.25) is 4.79 Å². The number of hydrogen-bond acceptors (Lipinski definition) is 2. The maximum Gasteiger partial charge on any atom is 0.233 e. The lowest BCUT2D eigenvalue weighted by Gasteiger charge is -2.08. The van der Waals surface area contributed by atoms with Crippen molar-refractivity contribution in [3.63, 3.8) is 0 Å². The van der Waals surface area contributed by atoms with Gasteiger partial charge in [-0.2, -0.15) is 0 Å². The predicted molar refractivity (Wildman–Crippen MR) is 60.3 cm³/mol. The molecule has 0 fully saturated rings. The lowest BCUT2D eigenvalue weighted by molar-refractivity contribution is -0.120. The third-order valence-corrected chi connectivity index (χ3v) is 2.02. The fourth-order valence-corrected chi connectivity index (χ4v) is 1.14. The van der Waals surface area contributed by atoms with Crippen molar-refractivity contribution in [3.8, 4) is 0 Å². The van der Waals surface area contributed by atoms with Crippen LogP contribution in [-0.4, -0.2) is 25.0 Å². The second-order valence-corrected chi connectivity index (χ2v) is 3.95. The normalized spacial score (nSPS) is 10.6. The summed E-state index contributed by atoms with van der Waals surface area (Å²) >= 11 is 0. The Morgan fingerprint density at radius 2 is 1.93 bits per heavy atom. The maximum atomic E-state index is 11.2. The van der Waals surface area contributed by atoms with Gasteiger partial charge >= 0.3 is 0 Å². The smallest absolute Gasteiger partial charge is 0.233 e. The van der Waals surface area contributed by atoms with Crippen LogP contribution >= 0.6 is 0 Å². The summed E-state index contributed by atoms with van der Waals surface area (Å²) < 4.78 is 0. The van der Waals surface area contributed by atoms with Crippen LogP contribution in [-0.2, 0) is 4.79 Å². The van der Waals surface area contributed by atoms with Gasteiger partial charge in [0, 0.05) is 12.6 Å². The predicted octanol–water partition coefficient (Wildman–Crippen LogP) is 1.68. The number of nitrogens with one attached hydrogen (secondary N) is 2. The fourth-order valence-electron chi connectivity index (χ4n) is 1.14. The molecule has 0 bridgehead atoms. The molecule has 0 aliphatic carbocycles. The quantitative estimate of drug-likeness (QED) is 0.585. The number of unbranched alkanes of at least 4 members (excludes halogenated alkanes) is 3. The van der Waals surface area contributed by atoms with Crippen molar-refractivity contribution in [1.29, 1.82) is 0 Å². The fraction of sp³-hybridized carbons (Fsp3) is 0.909. The van der Waals surface area contributed by atoms with E-state index in [1.165, 1.54) is 19.3 Å². The molecule has 14 heavy (non-hydrogen) atoms. The number of carbonyl (C=O) groups excluding carboxylic acids is 1. The maximum absolute atomic E-state index is 11.2. The topological polar surface area (TPSA) is 41.1 Å². The molecule has 3 heteroatoms. The minimum Gasteiger partial charge on any atom is -0.355 e. The highest BCUT2D eigenvalue weighted by molar-refractivity contribution is 5.77. The van der Waals surface area contributed by atoms with Crippen molar-refractivity contribution in [1.82, 2.24) is 10.6 Å². The second-order valence-electron chi connectivity index (χ2n) is 3.95. The summed E-state index contributed by atoms with van der Waals surface area (Å²) in [6, 6.07) is 0.376. The standard InChI is InChI=1S/C11H24N2O/c1-4-5-6-7-8-12-11(14)9-13-10(2)3/h10,13H,4-9H2,1-3H3,(H,12,14). The van der Waals surface area contributed by atoms with E-state index in [1.807, 2.05) is 13.8 Å². The molecule has 0 aromatic rings. The van der Waals surface area contributed by atoms with E-state index in [-0.39, 0.29) is 5.91 Å². The van der Waals surface area contributed by atoms with E-state index in [9.17, 15) is 4.79 Å². The van der Waals surface area contributed by atoms with E-state index >= 15 is 0 Å². The summed E-state index contributed by atoms with van der Waals surface area (Å²) in [5.41, 5.74) is 0. The van der Waals surface area contributed by atoms with Crippen LogP contribution in [0.5, 0.6) is 0 Å². The Bertz CT molecular complexity index is 146. The van der Waals surface area contributed by atoms with E-state index in [1.54, 1.807) is 0 Å². The molecule has 84 valence electrons. The number of amides is 1. The van der Waals surface area contributed by atoms with Gasteiger partial charge in [-0.25, -0.2) is 0 Å². The van der Waals surface area contributed by atoms with Gasteiger partial charge in [0.25, 0.3) is 0 Å². The Kier molecular flexibility index (Phi) is 8.64. The highest BCUT2D eigenvalue weighted by atomic mass is 16.1. The van der Waals surface area contributed by atoms with Gasteiger partial charge < -0.3 is 10.6 Å². The molecule has 0 aliphatic heterocycles. The minimum atomic E-state index is 0.107. The molecule has 0 radical (unpaired) electrons. The molecule has 0 heterocycles. The van der Waals surface area contributed by atoms with Crippen molar-refractivity contribution < 1.29 is 4.79 Å².